The number of carbonyl (C=O) groups is 1. The lowest BCUT2D eigenvalue weighted by atomic mass is 9.92. The first-order chi connectivity index (χ1) is 13.7. The minimum Gasteiger partial charge on any atom is -0.397 e. The summed E-state index contributed by atoms with van der Waals surface area (Å²) in [4.78, 5) is 19.6. The van der Waals surface area contributed by atoms with Gasteiger partial charge in [0, 0.05) is 42.1 Å². The Morgan fingerprint density at radius 2 is 1.89 bits per heavy atom. The van der Waals surface area contributed by atoms with Gasteiger partial charge in [-0.1, -0.05) is 31.4 Å². The van der Waals surface area contributed by atoms with E-state index in [0.29, 0.717) is 17.3 Å². The molecule has 1 aromatic carbocycles. The molecule has 3 N–H and O–H groups in total. The highest BCUT2D eigenvalue weighted by atomic mass is 16.1. The standard InChI is InChI=1S/C23H30N4O/c24-20-13-19(14-25-15-20)17-6-4-7-18(12-17)23(28)26-21-8-5-11-27(16-21)22-9-2-1-3-10-22/h4,6-7,12-15,21-22H,1-3,5,8-11,16,24H2,(H,26,28). The summed E-state index contributed by atoms with van der Waals surface area (Å²) in [6, 6.07) is 10.5. The van der Waals surface area contributed by atoms with Gasteiger partial charge < -0.3 is 11.1 Å². The minimum atomic E-state index is 0.00852. The van der Waals surface area contributed by atoms with Crippen molar-refractivity contribution in [2.45, 2.75) is 57.0 Å². The molecular formula is C23H30N4O. The molecule has 2 fully saturated rings. The van der Waals surface area contributed by atoms with Crippen molar-refractivity contribution in [2.75, 3.05) is 18.8 Å². The molecule has 1 aromatic heterocycles. The Labute approximate surface area is 167 Å². The molecule has 0 radical (unpaired) electrons. The number of likely N-dealkylation sites (tertiary alicyclic amines) is 1. The van der Waals surface area contributed by atoms with E-state index in [1.54, 1.807) is 12.4 Å². The number of nitrogen functional groups attached to an aromatic ring is 1. The lowest BCUT2D eigenvalue weighted by molar-refractivity contribution is 0.0835. The second-order valence-electron chi connectivity index (χ2n) is 8.19. The van der Waals surface area contributed by atoms with E-state index in [4.69, 9.17) is 5.73 Å². The number of piperidine rings is 1. The molecule has 2 heterocycles. The fraction of sp³-hybridized carbons (Fsp3) is 0.478. The Hall–Kier alpha value is -2.40. The summed E-state index contributed by atoms with van der Waals surface area (Å²) >= 11 is 0. The van der Waals surface area contributed by atoms with E-state index in [-0.39, 0.29) is 11.9 Å². The minimum absolute atomic E-state index is 0.00852. The van der Waals surface area contributed by atoms with Crippen LogP contribution in [0.3, 0.4) is 0 Å². The molecule has 1 atom stereocenters. The summed E-state index contributed by atoms with van der Waals surface area (Å²) < 4.78 is 0. The number of benzene rings is 1. The Kier molecular flexibility index (Phi) is 5.91. The van der Waals surface area contributed by atoms with Gasteiger partial charge in [0.1, 0.15) is 0 Å². The van der Waals surface area contributed by atoms with Crippen LogP contribution in [0.4, 0.5) is 5.69 Å². The molecule has 28 heavy (non-hydrogen) atoms. The van der Waals surface area contributed by atoms with Crippen LogP contribution in [0.5, 0.6) is 0 Å². The van der Waals surface area contributed by atoms with Crippen molar-refractivity contribution in [3.05, 3.63) is 48.3 Å². The van der Waals surface area contributed by atoms with Gasteiger partial charge >= 0.3 is 0 Å². The number of nitrogens with zero attached hydrogens (tertiary/aromatic N) is 2. The van der Waals surface area contributed by atoms with E-state index in [2.05, 4.69) is 15.2 Å². The van der Waals surface area contributed by atoms with Crippen LogP contribution in [-0.4, -0.2) is 41.0 Å². The quantitative estimate of drug-likeness (QED) is 0.847. The number of amides is 1. The normalized spacial score (nSPS) is 21.4. The number of pyridine rings is 1. The van der Waals surface area contributed by atoms with E-state index in [1.165, 1.54) is 38.6 Å². The summed E-state index contributed by atoms with van der Waals surface area (Å²) in [5, 5.41) is 3.27. The number of hydrogen-bond acceptors (Lipinski definition) is 4. The maximum absolute atomic E-state index is 12.9. The second kappa shape index (κ2) is 8.74. The van der Waals surface area contributed by atoms with Crippen molar-refractivity contribution in [1.29, 1.82) is 0 Å². The highest BCUT2D eigenvalue weighted by Gasteiger charge is 2.27. The zero-order valence-corrected chi connectivity index (χ0v) is 16.4. The number of hydrogen-bond donors (Lipinski definition) is 2. The van der Waals surface area contributed by atoms with Gasteiger partial charge in [-0.2, -0.15) is 0 Å². The van der Waals surface area contributed by atoms with Crippen LogP contribution >= 0.6 is 0 Å². The van der Waals surface area contributed by atoms with Crippen molar-refractivity contribution in [2.24, 2.45) is 0 Å². The molecule has 5 heteroatoms. The lowest BCUT2D eigenvalue weighted by Gasteiger charge is -2.40. The summed E-state index contributed by atoms with van der Waals surface area (Å²) in [7, 11) is 0. The number of carbonyl (C=O) groups excluding carboxylic acids is 1. The van der Waals surface area contributed by atoms with Gasteiger partial charge in [0.05, 0.1) is 5.69 Å². The third kappa shape index (κ3) is 4.53. The molecule has 4 rings (SSSR count). The van der Waals surface area contributed by atoms with Crippen molar-refractivity contribution in [3.8, 4) is 11.1 Å². The lowest BCUT2D eigenvalue weighted by Crippen LogP contribution is -2.51. The SMILES string of the molecule is Nc1cncc(-c2cccc(C(=O)NC3CCCN(C4CCCCC4)C3)c2)c1. The van der Waals surface area contributed by atoms with Crippen LogP contribution in [0.15, 0.2) is 42.7 Å². The van der Waals surface area contributed by atoms with Crippen LogP contribution in [0.1, 0.15) is 55.3 Å². The predicted octanol–water partition coefficient (Wildman–Crippen LogP) is 3.86. The fourth-order valence-electron chi connectivity index (χ4n) is 4.63. The summed E-state index contributed by atoms with van der Waals surface area (Å²) in [6.07, 6.45) is 12.3. The van der Waals surface area contributed by atoms with Crippen molar-refractivity contribution in [3.63, 3.8) is 0 Å². The monoisotopic (exact) mass is 378 g/mol. The van der Waals surface area contributed by atoms with E-state index in [9.17, 15) is 4.79 Å². The second-order valence-corrected chi connectivity index (χ2v) is 8.19. The molecule has 5 nitrogen and oxygen atoms in total. The van der Waals surface area contributed by atoms with E-state index >= 15 is 0 Å². The summed E-state index contributed by atoms with van der Waals surface area (Å²) in [6.45, 7) is 2.16. The van der Waals surface area contributed by atoms with Gasteiger partial charge in [-0.15, -0.1) is 0 Å². The largest absolute Gasteiger partial charge is 0.397 e. The molecule has 1 saturated carbocycles. The Morgan fingerprint density at radius 3 is 2.71 bits per heavy atom. The van der Waals surface area contributed by atoms with Gasteiger partial charge in [0.15, 0.2) is 0 Å². The number of anilines is 1. The number of aromatic nitrogens is 1. The van der Waals surface area contributed by atoms with Gasteiger partial charge in [-0.3, -0.25) is 14.7 Å². The van der Waals surface area contributed by atoms with Crippen molar-refractivity contribution in [1.82, 2.24) is 15.2 Å². The Balaban J connectivity index is 1.41. The third-order valence-corrected chi connectivity index (χ3v) is 6.10. The molecule has 1 unspecified atom stereocenters. The molecule has 0 bridgehead atoms. The van der Waals surface area contributed by atoms with Crippen LogP contribution in [0.25, 0.3) is 11.1 Å². The smallest absolute Gasteiger partial charge is 0.251 e. The number of nitrogens with one attached hydrogen (secondary N) is 1. The zero-order chi connectivity index (χ0) is 19.3. The van der Waals surface area contributed by atoms with E-state index in [1.807, 2.05) is 30.3 Å². The number of nitrogens with two attached hydrogens (primary N) is 1. The molecule has 1 amide bonds. The molecule has 2 aromatic rings. The zero-order valence-electron chi connectivity index (χ0n) is 16.4. The maximum Gasteiger partial charge on any atom is 0.251 e. The Bertz CT molecular complexity index is 816. The van der Waals surface area contributed by atoms with Gasteiger partial charge in [-0.25, -0.2) is 0 Å². The third-order valence-electron chi connectivity index (χ3n) is 6.10. The molecule has 1 aliphatic heterocycles. The van der Waals surface area contributed by atoms with Crippen LogP contribution in [0, 0.1) is 0 Å². The van der Waals surface area contributed by atoms with Gasteiger partial charge in [0.2, 0.25) is 0 Å². The van der Waals surface area contributed by atoms with Gasteiger partial charge in [0.25, 0.3) is 5.91 Å². The van der Waals surface area contributed by atoms with Crippen LogP contribution in [-0.2, 0) is 0 Å². The molecular weight excluding hydrogens is 348 g/mol. The van der Waals surface area contributed by atoms with Crippen molar-refractivity contribution >= 4 is 11.6 Å². The summed E-state index contributed by atoms with van der Waals surface area (Å²) in [5.41, 5.74) is 9.04. The van der Waals surface area contributed by atoms with E-state index < -0.39 is 0 Å². The fourth-order valence-corrected chi connectivity index (χ4v) is 4.63. The average molecular weight is 379 g/mol. The van der Waals surface area contributed by atoms with Crippen LogP contribution < -0.4 is 11.1 Å². The molecule has 148 valence electrons. The van der Waals surface area contributed by atoms with Gasteiger partial charge in [-0.05, 0) is 56.0 Å². The topological polar surface area (TPSA) is 71.2 Å². The maximum atomic E-state index is 12.9. The van der Waals surface area contributed by atoms with Crippen molar-refractivity contribution < 1.29 is 4.79 Å². The molecule has 0 spiro atoms. The highest BCUT2D eigenvalue weighted by Crippen LogP contribution is 2.26. The van der Waals surface area contributed by atoms with Crippen LogP contribution in [0.2, 0.25) is 0 Å². The average Bonchev–Trinajstić information content (AvgIpc) is 2.75. The first-order valence-electron chi connectivity index (χ1n) is 10.5. The predicted molar refractivity (Wildman–Crippen MR) is 113 cm³/mol. The highest BCUT2D eigenvalue weighted by molar-refractivity contribution is 5.95. The first-order valence-corrected chi connectivity index (χ1v) is 10.5. The molecule has 1 saturated heterocycles. The summed E-state index contributed by atoms with van der Waals surface area (Å²) in [5.74, 6) is 0.00852. The van der Waals surface area contributed by atoms with E-state index in [0.717, 1.165) is 30.5 Å². The Morgan fingerprint density at radius 1 is 1.04 bits per heavy atom. The molecule has 2 aliphatic rings. The first kappa shape index (κ1) is 18.9. The molecule has 1 aliphatic carbocycles. The number of rotatable bonds is 4.